The molecule has 7 nitrogen and oxygen atoms in total. The fourth-order valence-electron chi connectivity index (χ4n) is 3.44. The van der Waals surface area contributed by atoms with Gasteiger partial charge in [0.1, 0.15) is 16.9 Å². The molecule has 0 saturated carbocycles. The topological polar surface area (TPSA) is 96.0 Å². The number of aromatic nitrogens is 7. The van der Waals surface area contributed by atoms with Crippen LogP contribution in [-0.4, -0.2) is 35.1 Å². The second-order valence-corrected chi connectivity index (χ2v) is 7.71. The van der Waals surface area contributed by atoms with Crippen LogP contribution in [0.5, 0.6) is 0 Å². The number of halogens is 1. The Morgan fingerprint density at radius 2 is 1.90 bits per heavy atom. The minimum atomic E-state index is -0.256. The van der Waals surface area contributed by atoms with E-state index >= 15 is 0 Å². The molecule has 0 spiro atoms. The largest absolute Gasteiger partial charge is 0.336 e. The maximum atomic E-state index is 13.5. The van der Waals surface area contributed by atoms with Crippen LogP contribution in [0.2, 0.25) is 0 Å². The Kier molecular flexibility index (Phi) is 3.68. The van der Waals surface area contributed by atoms with Crippen molar-refractivity contribution in [2.45, 2.75) is 0 Å². The monoisotopic (exact) mass is 413 g/mol. The molecule has 6 heterocycles. The van der Waals surface area contributed by atoms with Gasteiger partial charge in [0.05, 0.1) is 27.8 Å². The van der Waals surface area contributed by atoms with Crippen LogP contribution in [0.15, 0.2) is 61.2 Å². The van der Waals surface area contributed by atoms with Crippen molar-refractivity contribution in [1.82, 2.24) is 35.1 Å². The van der Waals surface area contributed by atoms with Crippen LogP contribution in [-0.2, 0) is 0 Å². The SMILES string of the molecule is Fc1ccc(-c2nccc3[nH]c(-c4n[nH]c5cnc(-c6cccnc6)cc45)nc23)s1. The molecular weight excluding hydrogens is 401 g/mol. The van der Waals surface area contributed by atoms with Gasteiger partial charge in [-0.2, -0.15) is 9.49 Å². The number of aromatic amines is 2. The molecule has 0 aliphatic heterocycles. The lowest BCUT2D eigenvalue weighted by atomic mass is 10.1. The van der Waals surface area contributed by atoms with Crippen LogP contribution in [0.25, 0.3) is 55.3 Å². The van der Waals surface area contributed by atoms with E-state index in [4.69, 9.17) is 4.98 Å². The lowest BCUT2D eigenvalue weighted by molar-refractivity contribution is 0.657. The van der Waals surface area contributed by atoms with Crippen molar-refractivity contribution in [3.63, 3.8) is 0 Å². The number of rotatable bonds is 3. The number of nitrogens with zero attached hydrogens (tertiary/aromatic N) is 5. The Labute approximate surface area is 172 Å². The zero-order chi connectivity index (χ0) is 20.1. The average molecular weight is 413 g/mol. The highest BCUT2D eigenvalue weighted by molar-refractivity contribution is 7.13. The first kappa shape index (κ1) is 16.9. The molecule has 30 heavy (non-hydrogen) atoms. The number of imidazole rings is 1. The van der Waals surface area contributed by atoms with Crippen molar-refractivity contribution in [3.8, 4) is 33.3 Å². The van der Waals surface area contributed by atoms with E-state index in [1.165, 1.54) is 6.07 Å². The van der Waals surface area contributed by atoms with Crippen molar-refractivity contribution in [2.24, 2.45) is 0 Å². The van der Waals surface area contributed by atoms with E-state index in [0.29, 0.717) is 22.7 Å². The molecule has 0 atom stereocenters. The molecule has 0 fully saturated rings. The highest BCUT2D eigenvalue weighted by atomic mass is 32.1. The van der Waals surface area contributed by atoms with Gasteiger partial charge in [0, 0.05) is 29.5 Å². The Morgan fingerprint density at radius 1 is 0.933 bits per heavy atom. The molecule has 2 N–H and O–H groups in total. The van der Waals surface area contributed by atoms with E-state index in [2.05, 4.69) is 30.1 Å². The standard InChI is InChI=1S/C21H12FN7S/c22-17-4-3-16(30-17)20-19-13(5-7-24-20)26-21(27-19)18-12-8-14(11-2-1-6-23-9-11)25-10-15(12)28-29-18/h1-10H,(H,26,27)(H,28,29). The van der Waals surface area contributed by atoms with Crippen molar-refractivity contribution < 1.29 is 4.39 Å². The lowest BCUT2D eigenvalue weighted by Crippen LogP contribution is -1.85. The summed E-state index contributed by atoms with van der Waals surface area (Å²) in [5.41, 5.74) is 5.32. The van der Waals surface area contributed by atoms with E-state index in [-0.39, 0.29) is 5.13 Å². The van der Waals surface area contributed by atoms with Crippen molar-refractivity contribution in [2.75, 3.05) is 0 Å². The van der Waals surface area contributed by atoms with E-state index in [0.717, 1.165) is 43.9 Å². The number of fused-ring (bicyclic) bond motifs is 2. The van der Waals surface area contributed by atoms with Crippen LogP contribution in [0.1, 0.15) is 0 Å². The van der Waals surface area contributed by atoms with Crippen LogP contribution in [0.4, 0.5) is 4.39 Å². The molecule has 0 aliphatic rings. The van der Waals surface area contributed by atoms with E-state index in [9.17, 15) is 4.39 Å². The maximum Gasteiger partial charge on any atom is 0.177 e. The molecule has 0 radical (unpaired) electrons. The zero-order valence-corrected chi connectivity index (χ0v) is 16.1. The van der Waals surface area contributed by atoms with E-state index in [1.54, 1.807) is 30.9 Å². The fraction of sp³-hybridized carbons (Fsp3) is 0. The third kappa shape index (κ3) is 2.67. The van der Waals surface area contributed by atoms with Gasteiger partial charge in [-0.05, 0) is 36.4 Å². The van der Waals surface area contributed by atoms with Crippen LogP contribution in [0.3, 0.4) is 0 Å². The quantitative estimate of drug-likeness (QED) is 0.433. The maximum absolute atomic E-state index is 13.5. The molecule has 6 rings (SSSR count). The highest BCUT2D eigenvalue weighted by Crippen LogP contribution is 2.33. The number of H-pyrrole nitrogens is 2. The summed E-state index contributed by atoms with van der Waals surface area (Å²) in [6, 6.07) is 10.8. The highest BCUT2D eigenvalue weighted by Gasteiger charge is 2.17. The molecule has 0 saturated heterocycles. The predicted octanol–water partition coefficient (Wildman–Crippen LogP) is 4.83. The second-order valence-electron chi connectivity index (χ2n) is 6.67. The van der Waals surface area contributed by atoms with Gasteiger partial charge in [-0.1, -0.05) is 0 Å². The van der Waals surface area contributed by atoms with Gasteiger partial charge in [0.2, 0.25) is 0 Å². The van der Waals surface area contributed by atoms with Crippen molar-refractivity contribution in [3.05, 3.63) is 66.3 Å². The van der Waals surface area contributed by atoms with E-state index in [1.807, 2.05) is 24.3 Å². The second kappa shape index (κ2) is 6.53. The molecule has 0 amide bonds. The minimum Gasteiger partial charge on any atom is -0.336 e. The van der Waals surface area contributed by atoms with Gasteiger partial charge >= 0.3 is 0 Å². The molecule has 0 aliphatic carbocycles. The average Bonchev–Trinajstić information content (AvgIpc) is 3.51. The van der Waals surface area contributed by atoms with Gasteiger partial charge in [-0.25, -0.2) is 4.98 Å². The summed E-state index contributed by atoms with van der Waals surface area (Å²) in [5.74, 6) is 0.603. The number of hydrogen-bond acceptors (Lipinski definition) is 6. The molecule has 0 bridgehead atoms. The van der Waals surface area contributed by atoms with Crippen LogP contribution < -0.4 is 0 Å². The van der Waals surface area contributed by atoms with Crippen molar-refractivity contribution >= 4 is 33.3 Å². The van der Waals surface area contributed by atoms with Gasteiger partial charge in [-0.15, -0.1) is 11.3 Å². The van der Waals surface area contributed by atoms with Crippen LogP contribution in [0, 0.1) is 5.13 Å². The number of hydrogen-bond donors (Lipinski definition) is 2. The summed E-state index contributed by atoms with van der Waals surface area (Å²) >= 11 is 1.05. The molecule has 6 aromatic rings. The Morgan fingerprint density at radius 3 is 2.73 bits per heavy atom. The number of thiophene rings is 1. The molecule has 0 unspecified atom stereocenters. The third-order valence-electron chi connectivity index (χ3n) is 4.84. The van der Waals surface area contributed by atoms with Gasteiger partial charge in [-0.3, -0.25) is 20.1 Å². The normalized spacial score (nSPS) is 11.5. The predicted molar refractivity (Wildman–Crippen MR) is 113 cm³/mol. The Hall–Kier alpha value is -3.98. The summed E-state index contributed by atoms with van der Waals surface area (Å²) in [5, 5.41) is 8.09. The first-order valence-electron chi connectivity index (χ1n) is 9.11. The summed E-state index contributed by atoms with van der Waals surface area (Å²) in [7, 11) is 0. The van der Waals surface area contributed by atoms with Crippen molar-refractivity contribution in [1.29, 1.82) is 0 Å². The summed E-state index contributed by atoms with van der Waals surface area (Å²) < 4.78 is 13.5. The van der Waals surface area contributed by atoms with Gasteiger partial charge in [0.15, 0.2) is 11.0 Å². The lowest BCUT2D eigenvalue weighted by Gasteiger charge is -2.00. The summed E-state index contributed by atoms with van der Waals surface area (Å²) in [6.45, 7) is 0. The summed E-state index contributed by atoms with van der Waals surface area (Å²) in [6.07, 6.45) is 6.93. The zero-order valence-electron chi connectivity index (χ0n) is 15.3. The Balaban J connectivity index is 1.52. The minimum absolute atomic E-state index is 0.256. The smallest absolute Gasteiger partial charge is 0.177 e. The first-order chi connectivity index (χ1) is 14.8. The van der Waals surface area contributed by atoms with E-state index < -0.39 is 0 Å². The molecule has 144 valence electrons. The molecule has 0 aromatic carbocycles. The van der Waals surface area contributed by atoms with Crippen LogP contribution >= 0.6 is 11.3 Å². The molecular formula is C21H12FN7S. The molecule has 9 heteroatoms. The fourth-order valence-corrected chi connectivity index (χ4v) is 4.17. The summed E-state index contributed by atoms with van der Waals surface area (Å²) in [4.78, 5) is 21.9. The Bertz CT molecular complexity index is 1520. The van der Waals surface area contributed by atoms with Gasteiger partial charge < -0.3 is 4.98 Å². The van der Waals surface area contributed by atoms with Gasteiger partial charge in [0.25, 0.3) is 0 Å². The first-order valence-corrected chi connectivity index (χ1v) is 9.93. The third-order valence-corrected chi connectivity index (χ3v) is 5.72. The number of nitrogens with one attached hydrogen (secondary N) is 2. The number of pyridine rings is 3. The molecule has 6 aromatic heterocycles.